The van der Waals surface area contributed by atoms with Crippen molar-refractivity contribution in [1.29, 1.82) is 0 Å². The van der Waals surface area contributed by atoms with Crippen LogP contribution >= 0.6 is 0 Å². The first kappa shape index (κ1) is 18.7. The Morgan fingerprint density at radius 2 is 2.04 bits per heavy atom. The molecule has 0 saturated carbocycles. The average Bonchev–Trinajstić information content (AvgIpc) is 2.57. The number of likely N-dealkylation sites (tertiary alicyclic amines) is 1. The lowest BCUT2D eigenvalue weighted by Gasteiger charge is -2.37. The standard InChI is InChI=1S/C19H31N3O2/c1-14-11-22(12-17-7-5-4-6-8-17)10-9-18(14)21-19(24)20-16(3)15(2)13-23/h4-8,14-16,18,23H,9-13H2,1-3H3,(H2,20,21,24). The summed E-state index contributed by atoms with van der Waals surface area (Å²) >= 11 is 0. The van der Waals surface area contributed by atoms with E-state index in [0.29, 0.717) is 5.92 Å². The molecular weight excluding hydrogens is 302 g/mol. The molecule has 0 radical (unpaired) electrons. The molecule has 5 nitrogen and oxygen atoms in total. The smallest absolute Gasteiger partial charge is 0.315 e. The highest BCUT2D eigenvalue weighted by molar-refractivity contribution is 5.74. The van der Waals surface area contributed by atoms with Crippen LogP contribution in [0.5, 0.6) is 0 Å². The molecule has 2 amide bonds. The predicted octanol–water partition coefficient (Wildman–Crippen LogP) is 2.21. The first-order valence-corrected chi connectivity index (χ1v) is 8.93. The second-order valence-electron chi connectivity index (χ2n) is 7.16. The van der Waals surface area contributed by atoms with Crippen LogP contribution in [0, 0.1) is 11.8 Å². The lowest BCUT2D eigenvalue weighted by Crippen LogP contribution is -2.54. The van der Waals surface area contributed by atoms with Gasteiger partial charge in [0.1, 0.15) is 0 Å². The zero-order chi connectivity index (χ0) is 17.5. The minimum absolute atomic E-state index is 0.0384. The maximum Gasteiger partial charge on any atom is 0.315 e. The minimum atomic E-state index is -0.129. The molecule has 5 heteroatoms. The van der Waals surface area contributed by atoms with Gasteiger partial charge in [-0.1, -0.05) is 44.2 Å². The SMILES string of the molecule is CC(CO)C(C)NC(=O)NC1CCN(Cc2ccccc2)CC1C. The summed E-state index contributed by atoms with van der Waals surface area (Å²) in [6.07, 6.45) is 0.964. The normalized spacial score (nSPS) is 24.2. The topological polar surface area (TPSA) is 64.6 Å². The molecule has 1 aromatic carbocycles. The van der Waals surface area contributed by atoms with E-state index in [0.717, 1.165) is 26.1 Å². The number of aliphatic hydroxyl groups excluding tert-OH is 1. The molecule has 0 bridgehead atoms. The Balaban J connectivity index is 1.77. The number of nitrogens with one attached hydrogen (secondary N) is 2. The number of aliphatic hydroxyl groups is 1. The molecule has 0 spiro atoms. The quantitative estimate of drug-likeness (QED) is 0.748. The Labute approximate surface area is 145 Å². The lowest BCUT2D eigenvalue weighted by atomic mass is 9.93. The molecule has 1 heterocycles. The van der Waals surface area contributed by atoms with E-state index in [4.69, 9.17) is 5.11 Å². The second-order valence-corrected chi connectivity index (χ2v) is 7.16. The predicted molar refractivity (Wildman–Crippen MR) is 96.7 cm³/mol. The van der Waals surface area contributed by atoms with Crippen LogP contribution in [0.1, 0.15) is 32.8 Å². The van der Waals surface area contributed by atoms with E-state index in [9.17, 15) is 4.79 Å². The summed E-state index contributed by atoms with van der Waals surface area (Å²) < 4.78 is 0. The summed E-state index contributed by atoms with van der Waals surface area (Å²) in [5.41, 5.74) is 1.33. The third kappa shape index (κ3) is 5.49. The van der Waals surface area contributed by atoms with Gasteiger partial charge in [-0.3, -0.25) is 4.90 Å². The summed E-state index contributed by atoms with van der Waals surface area (Å²) in [5.74, 6) is 0.472. The van der Waals surface area contributed by atoms with E-state index in [2.05, 4.69) is 46.7 Å². The van der Waals surface area contributed by atoms with Crippen molar-refractivity contribution in [3.05, 3.63) is 35.9 Å². The van der Waals surface area contributed by atoms with Crippen molar-refractivity contribution in [2.24, 2.45) is 11.8 Å². The summed E-state index contributed by atoms with van der Waals surface area (Å²) in [4.78, 5) is 14.6. The van der Waals surface area contributed by atoms with Gasteiger partial charge in [0.2, 0.25) is 0 Å². The molecule has 2 rings (SSSR count). The minimum Gasteiger partial charge on any atom is -0.396 e. The van der Waals surface area contributed by atoms with Gasteiger partial charge in [-0.2, -0.15) is 0 Å². The van der Waals surface area contributed by atoms with Crippen molar-refractivity contribution in [1.82, 2.24) is 15.5 Å². The van der Waals surface area contributed by atoms with Crippen molar-refractivity contribution >= 4 is 6.03 Å². The van der Waals surface area contributed by atoms with Crippen molar-refractivity contribution < 1.29 is 9.90 Å². The van der Waals surface area contributed by atoms with Crippen molar-refractivity contribution in [3.8, 4) is 0 Å². The van der Waals surface area contributed by atoms with E-state index >= 15 is 0 Å². The van der Waals surface area contributed by atoms with Crippen LogP contribution in [0.2, 0.25) is 0 Å². The van der Waals surface area contributed by atoms with Crippen LogP contribution in [0.25, 0.3) is 0 Å². The van der Waals surface area contributed by atoms with Crippen molar-refractivity contribution in [2.45, 2.75) is 45.8 Å². The summed E-state index contributed by atoms with van der Waals surface area (Å²) in [6.45, 7) is 9.07. The van der Waals surface area contributed by atoms with E-state index in [1.807, 2.05) is 19.9 Å². The molecule has 4 unspecified atom stereocenters. The molecular formula is C19H31N3O2. The Morgan fingerprint density at radius 3 is 2.67 bits per heavy atom. The number of rotatable bonds is 6. The number of hydrogen-bond acceptors (Lipinski definition) is 3. The molecule has 1 saturated heterocycles. The number of carbonyl (C=O) groups is 1. The van der Waals surface area contributed by atoms with E-state index in [-0.39, 0.29) is 30.6 Å². The highest BCUT2D eigenvalue weighted by atomic mass is 16.3. The number of nitrogens with zero attached hydrogens (tertiary/aromatic N) is 1. The summed E-state index contributed by atoms with van der Waals surface area (Å²) in [7, 11) is 0. The highest BCUT2D eigenvalue weighted by Crippen LogP contribution is 2.19. The fourth-order valence-electron chi connectivity index (χ4n) is 3.15. The van der Waals surface area contributed by atoms with Crippen LogP contribution in [-0.2, 0) is 6.54 Å². The molecule has 1 aliphatic heterocycles. The highest BCUT2D eigenvalue weighted by Gasteiger charge is 2.27. The molecule has 1 fully saturated rings. The van der Waals surface area contributed by atoms with Crippen LogP contribution < -0.4 is 10.6 Å². The second kappa shape index (κ2) is 9.04. The Hall–Kier alpha value is -1.59. The van der Waals surface area contributed by atoms with Gasteiger partial charge in [0.25, 0.3) is 0 Å². The summed E-state index contributed by atoms with van der Waals surface area (Å²) in [6, 6.07) is 10.5. The van der Waals surface area contributed by atoms with Gasteiger partial charge >= 0.3 is 6.03 Å². The van der Waals surface area contributed by atoms with Crippen LogP contribution in [0.3, 0.4) is 0 Å². The molecule has 4 atom stereocenters. The number of piperidine rings is 1. The van der Waals surface area contributed by atoms with Gasteiger partial charge in [-0.25, -0.2) is 4.79 Å². The monoisotopic (exact) mass is 333 g/mol. The molecule has 1 aromatic rings. The molecule has 1 aliphatic rings. The molecule has 3 N–H and O–H groups in total. The molecule has 0 aliphatic carbocycles. The van der Waals surface area contributed by atoms with E-state index in [1.165, 1.54) is 5.56 Å². The van der Waals surface area contributed by atoms with Gasteiger partial charge in [0.15, 0.2) is 0 Å². The van der Waals surface area contributed by atoms with Crippen LogP contribution in [-0.4, -0.2) is 47.8 Å². The average molecular weight is 333 g/mol. The third-order valence-corrected chi connectivity index (χ3v) is 5.06. The van der Waals surface area contributed by atoms with Crippen LogP contribution in [0.15, 0.2) is 30.3 Å². The third-order valence-electron chi connectivity index (χ3n) is 5.06. The maximum absolute atomic E-state index is 12.1. The molecule has 134 valence electrons. The largest absolute Gasteiger partial charge is 0.396 e. The van der Waals surface area contributed by atoms with Crippen molar-refractivity contribution in [3.63, 3.8) is 0 Å². The number of amides is 2. The fourth-order valence-corrected chi connectivity index (χ4v) is 3.15. The number of hydrogen-bond donors (Lipinski definition) is 3. The maximum atomic E-state index is 12.1. The lowest BCUT2D eigenvalue weighted by molar-refractivity contribution is 0.140. The molecule has 0 aromatic heterocycles. The van der Waals surface area contributed by atoms with Gasteiger partial charge in [0, 0.05) is 38.3 Å². The first-order valence-electron chi connectivity index (χ1n) is 8.93. The zero-order valence-electron chi connectivity index (χ0n) is 15.0. The van der Waals surface area contributed by atoms with E-state index < -0.39 is 0 Å². The Morgan fingerprint density at radius 1 is 1.33 bits per heavy atom. The van der Waals surface area contributed by atoms with Gasteiger partial charge in [0.05, 0.1) is 0 Å². The number of carbonyl (C=O) groups excluding carboxylic acids is 1. The van der Waals surface area contributed by atoms with Gasteiger partial charge in [-0.05, 0) is 30.7 Å². The van der Waals surface area contributed by atoms with E-state index in [1.54, 1.807) is 0 Å². The van der Waals surface area contributed by atoms with Crippen molar-refractivity contribution in [2.75, 3.05) is 19.7 Å². The van der Waals surface area contributed by atoms with Crippen LogP contribution in [0.4, 0.5) is 4.79 Å². The first-order chi connectivity index (χ1) is 11.5. The molecule has 24 heavy (non-hydrogen) atoms. The number of benzene rings is 1. The zero-order valence-corrected chi connectivity index (χ0v) is 15.0. The van der Waals surface area contributed by atoms with Gasteiger partial charge < -0.3 is 15.7 Å². The Kier molecular flexibility index (Phi) is 7.06. The number of urea groups is 1. The fraction of sp³-hybridized carbons (Fsp3) is 0.632. The Bertz CT molecular complexity index is 509. The van der Waals surface area contributed by atoms with Gasteiger partial charge in [-0.15, -0.1) is 0 Å². The summed E-state index contributed by atoms with van der Waals surface area (Å²) in [5, 5.41) is 15.2.